The minimum atomic E-state index is 0.635. The van der Waals surface area contributed by atoms with Crippen LogP contribution in [0.1, 0.15) is 13.8 Å². The fourth-order valence-electron chi connectivity index (χ4n) is 3.09. The lowest BCUT2D eigenvalue weighted by Gasteiger charge is -2.48. The topological polar surface area (TPSA) is 18.5 Å². The number of para-hydroxylation sites is 1. The summed E-state index contributed by atoms with van der Waals surface area (Å²) in [5.74, 6) is 0.691. The van der Waals surface area contributed by atoms with E-state index in [9.17, 15) is 0 Å². The van der Waals surface area contributed by atoms with Gasteiger partial charge in [-0.05, 0) is 18.1 Å². The number of likely N-dealkylation sites (N-methyl/N-ethyl adjacent to an activating group) is 1. The summed E-state index contributed by atoms with van der Waals surface area (Å²) in [7, 11) is 2.21. The van der Waals surface area contributed by atoms with Crippen molar-refractivity contribution in [1.82, 2.24) is 0 Å². The van der Waals surface area contributed by atoms with Gasteiger partial charge in [-0.2, -0.15) is 0 Å². The van der Waals surface area contributed by atoms with Crippen molar-refractivity contribution in [2.24, 2.45) is 5.92 Å². The van der Waals surface area contributed by atoms with Gasteiger partial charge in [0.05, 0.1) is 17.1 Å². The molecule has 2 aliphatic heterocycles. The van der Waals surface area contributed by atoms with E-state index in [0.29, 0.717) is 12.0 Å². The Kier molecular flexibility index (Phi) is 2.42. The van der Waals surface area contributed by atoms with Crippen molar-refractivity contribution in [2.75, 3.05) is 41.8 Å². The number of hydrogen-bond donors (Lipinski definition) is 1. The van der Waals surface area contributed by atoms with E-state index in [1.807, 2.05) is 0 Å². The summed E-state index contributed by atoms with van der Waals surface area (Å²) in [5.41, 5.74) is 4.07. The molecule has 1 atom stereocenters. The fraction of sp³-hybridized carbons (Fsp3) is 0.571. The molecule has 3 nitrogen and oxygen atoms in total. The van der Waals surface area contributed by atoms with Crippen molar-refractivity contribution in [3.05, 3.63) is 18.2 Å². The van der Waals surface area contributed by atoms with Gasteiger partial charge in [0, 0.05) is 32.7 Å². The highest BCUT2D eigenvalue weighted by Gasteiger charge is 2.34. The second kappa shape index (κ2) is 3.83. The largest absolute Gasteiger partial charge is 0.382 e. The van der Waals surface area contributed by atoms with Crippen LogP contribution in [0.15, 0.2) is 18.2 Å². The third kappa shape index (κ3) is 1.56. The summed E-state index contributed by atoms with van der Waals surface area (Å²) in [5, 5.41) is 3.51. The van der Waals surface area contributed by atoms with Crippen molar-refractivity contribution >= 4 is 17.1 Å². The summed E-state index contributed by atoms with van der Waals surface area (Å²) in [4.78, 5) is 5.00. The molecule has 3 heteroatoms. The molecule has 1 N–H and O–H groups in total. The van der Waals surface area contributed by atoms with Crippen LogP contribution in [-0.4, -0.2) is 32.7 Å². The molecule has 0 saturated carbocycles. The molecule has 0 radical (unpaired) electrons. The first-order chi connectivity index (χ1) is 8.18. The van der Waals surface area contributed by atoms with Gasteiger partial charge in [-0.25, -0.2) is 0 Å². The fourth-order valence-corrected chi connectivity index (χ4v) is 3.09. The lowest BCUT2D eigenvalue weighted by molar-refractivity contribution is 0.444. The van der Waals surface area contributed by atoms with Gasteiger partial charge >= 0.3 is 0 Å². The highest BCUT2D eigenvalue weighted by atomic mass is 15.3. The second-order valence-corrected chi connectivity index (χ2v) is 5.49. The Morgan fingerprint density at radius 1 is 1.35 bits per heavy atom. The predicted molar refractivity (Wildman–Crippen MR) is 74.2 cm³/mol. The molecule has 2 heterocycles. The third-order valence-corrected chi connectivity index (χ3v) is 4.01. The molecule has 2 aliphatic rings. The van der Waals surface area contributed by atoms with Gasteiger partial charge in [0.25, 0.3) is 0 Å². The third-order valence-electron chi connectivity index (χ3n) is 4.01. The Labute approximate surface area is 103 Å². The smallest absolute Gasteiger partial charge is 0.0843 e. The maximum Gasteiger partial charge on any atom is 0.0843 e. The van der Waals surface area contributed by atoms with E-state index < -0.39 is 0 Å². The summed E-state index contributed by atoms with van der Waals surface area (Å²) >= 11 is 0. The van der Waals surface area contributed by atoms with E-state index in [0.717, 1.165) is 19.6 Å². The number of nitrogens with zero attached hydrogens (tertiary/aromatic N) is 2. The van der Waals surface area contributed by atoms with Gasteiger partial charge < -0.3 is 15.1 Å². The number of nitrogens with one attached hydrogen (secondary N) is 1. The Hall–Kier alpha value is -1.38. The molecule has 0 aliphatic carbocycles. The predicted octanol–water partition coefficient (Wildman–Crippen LogP) is 2.39. The lowest BCUT2D eigenvalue weighted by Crippen LogP contribution is -2.53. The summed E-state index contributed by atoms with van der Waals surface area (Å²) < 4.78 is 0. The Morgan fingerprint density at radius 3 is 2.94 bits per heavy atom. The van der Waals surface area contributed by atoms with Crippen LogP contribution in [0.5, 0.6) is 0 Å². The quantitative estimate of drug-likeness (QED) is 0.800. The van der Waals surface area contributed by atoms with E-state index in [2.05, 4.69) is 54.2 Å². The van der Waals surface area contributed by atoms with E-state index in [-0.39, 0.29) is 0 Å². The normalized spacial score (nSPS) is 22.5. The van der Waals surface area contributed by atoms with Gasteiger partial charge in [-0.15, -0.1) is 0 Å². The summed E-state index contributed by atoms with van der Waals surface area (Å²) in [6.45, 7) is 7.97. The maximum atomic E-state index is 3.51. The first kappa shape index (κ1) is 10.8. The van der Waals surface area contributed by atoms with Gasteiger partial charge in [0.15, 0.2) is 0 Å². The van der Waals surface area contributed by atoms with Crippen LogP contribution >= 0.6 is 0 Å². The van der Waals surface area contributed by atoms with E-state index in [1.165, 1.54) is 17.1 Å². The Morgan fingerprint density at radius 2 is 2.18 bits per heavy atom. The molecule has 0 saturated heterocycles. The first-order valence-corrected chi connectivity index (χ1v) is 6.53. The average Bonchev–Trinajstić information content (AvgIpc) is 2.33. The van der Waals surface area contributed by atoms with Crippen LogP contribution in [0.25, 0.3) is 0 Å². The summed E-state index contributed by atoms with van der Waals surface area (Å²) in [6, 6.07) is 7.21. The maximum absolute atomic E-state index is 3.51. The summed E-state index contributed by atoms with van der Waals surface area (Å²) in [6.07, 6.45) is 0. The monoisotopic (exact) mass is 231 g/mol. The van der Waals surface area contributed by atoms with Crippen LogP contribution in [-0.2, 0) is 0 Å². The number of rotatable bonds is 1. The molecule has 17 heavy (non-hydrogen) atoms. The van der Waals surface area contributed by atoms with Crippen LogP contribution in [0.4, 0.5) is 17.1 Å². The number of anilines is 3. The van der Waals surface area contributed by atoms with Crippen LogP contribution in [0.3, 0.4) is 0 Å². The minimum absolute atomic E-state index is 0.635. The SMILES string of the molecule is CC(C)[C@H]1CN(C)c2cccc3c2N1CCN3. The van der Waals surface area contributed by atoms with Crippen molar-refractivity contribution in [3.63, 3.8) is 0 Å². The van der Waals surface area contributed by atoms with Crippen LogP contribution in [0, 0.1) is 5.92 Å². The van der Waals surface area contributed by atoms with E-state index in [4.69, 9.17) is 0 Å². The molecule has 0 fully saturated rings. The zero-order chi connectivity index (χ0) is 12.0. The molecule has 0 spiro atoms. The minimum Gasteiger partial charge on any atom is -0.382 e. The molecule has 0 aromatic heterocycles. The molecule has 0 amide bonds. The van der Waals surface area contributed by atoms with Crippen LogP contribution in [0.2, 0.25) is 0 Å². The number of hydrogen-bond acceptors (Lipinski definition) is 3. The van der Waals surface area contributed by atoms with Gasteiger partial charge in [-0.3, -0.25) is 0 Å². The standard InChI is InChI=1S/C14H21N3/c1-10(2)13-9-16(3)12-6-4-5-11-14(12)17(13)8-7-15-11/h4-6,10,13,15H,7-9H2,1-3H3/t13-/m1/s1. The highest BCUT2D eigenvalue weighted by Crippen LogP contribution is 2.43. The van der Waals surface area contributed by atoms with E-state index in [1.54, 1.807) is 0 Å². The molecule has 0 bridgehead atoms. The lowest BCUT2D eigenvalue weighted by atomic mass is 9.96. The molecular formula is C14H21N3. The molecule has 1 aromatic carbocycles. The molecule has 3 rings (SSSR count). The van der Waals surface area contributed by atoms with E-state index >= 15 is 0 Å². The van der Waals surface area contributed by atoms with Gasteiger partial charge in [0.2, 0.25) is 0 Å². The molecule has 1 aromatic rings. The van der Waals surface area contributed by atoms with Crippen molar-refractivity contribution in [1.29, 1.82) is 0 Å². The number of benzene rings is 1. The van der Waals surface area contributed by atoms with Gasteiger partial charge in [0.1, 0.15) is 0 Å². The molecular weight excluding hydrogens is 210 g/mol. The molecule has 0 unspecified atom stereocenters. The van der Waals surface area contributed by atoms with Crippen LogP contribution < -0.4 is 15.1 Å². The first-order valence-electron chi connectivity index (χ1n) is 6.53. The van der Waals surface area contributed by atoms with Crippen molar-refractivity contribution in [2.45, 2.75) is 19.9 Å². The molecule has 92 valence electrons. The van der Waals surface area contributed by atoms with Crippen molar-refractivity contribution < 1.29 is 0 Å². The second-order valence-electron chi connectivity index (χ2n) is 5.49. The highest BCUT2D eigenvalue weighted by molar-refractivity contribution is 5.87. The zero-order valence-corrected chi connectivity index (χ0v) is 10.9. The average molecular weight is 231 g/mol. The van der Waals surface area contributed by atoms with Gasteiger partial charge in [-0.1, -0.05) is 19.9 Å². The zero-order valence-electron chi connectivity index (χ0n) is 10.9. The Balaban J connectivity index is 2.12. The Bertz CT molecular complexity index is 427. The van der Waals surface area contributed by atoms with Crippen molar-refractivity contribution in [3.8, 4) is 0 Å².